The maximum Gasteiger partial charge on any atom is 0.122 e. The van der Waals surface area contributed by atoms with Gasteiger partial charge in [-0.05, 0) is 38.0 Å². The average molecular weight is 179 g/mol. The van der Waals surface area contributed by atoms with E-state index in [1.54, 1.807) is 0 Å². The minimum atomic E-state index is 0.0833. The molecule has 1 rings (SSSR count). The van der Waals surface area contributed by atoms with Crippen LogP contribution in [0.2, 0.25) is 0 Å². The van der Waals surface area contributed by atoms with Crippen LogP contribution in [0, 0.1) is 13.8 Å². The van der Waals surface area contributed by atoms with Crippen molar-refractivity contribution >= 4 is 0 Å². The maximum atomic E-state index is 5.60. The Morgan fingerprint density at radius 2 is 2.08 bits per heavy atom. The highest BCUT2D eigenvalue weighted by Crippen LogP contribution is 2.18. The van der Waals surface area contributed by atoms with E-state index in [9.17, 15) is 0 Å². The van der Waals surface area contributed by atoms with Crippen LogP contribution in [0.25, 0.3) is 0 Å². The van der Waals surface area contributed by atoms with Crippen molar-refractivity contribution in [3.05, 3.63) is 29.3 Å². The van der Waals surface area contributed by atoms with Gasteiger partial charge in [0, 0.05) is 6.04 Å². The molecular weight excluding hydrogens is 162 g/mol. The van der Waals surface area contributed by atoms with E-state index in [1.807, 2.05) is 19.9 Å². The smallest absolute Gasteiger partial charge is 0.122 e. The summed E-state index contributed by atoms with van der Waals surface area (Å²) in [6, 6.07) is 6.26. The van der Waals surface area contributed by atoms with Crippen LogP contribution in [0.4, 0.5) is 0 Å². The maximum absolute atomic E-state index is 5.60. The summed E-state index contributed by atoms with van der Waals surface area (Å²) in [6.45, 7) is 6.60. The standard InChI is InChI=1S/C11H17NO/c1-8-4-5-9(2)11(6-8)13-7-10(3)12/h4-6,10H,7,12H2,1-3H3/t10-/m0/s1. The molecule has 72 valence electrons. The first kappa shape index (κ1) is 10.1. The molecule has 0 amide bonds. The quantitative estimate of drug-likeness (QED) is 0.770. The van der Waals surface area contributed by atoms with E-state index in [-0.39, 0.29) is 6.04 Å². The molecule has 13 heavy (non-hydrogen) atoms. The lowest BCUT2D eigenvalue weighted by Gasteiger charge is -2.11. The van der Waals surface area contributed by atoms with Crippen LogP contribution in [-0.2, 0) is 0 Å². The van der Waals surface area contributed by atoms with Gasteiger partial charge >= 0.3 is 0 Å². The lowest BCUT2D eigenvalue weighted by Crippen LogP contribution is -2.23. The van der Waals surface area contributed by atoms with E-state index in [0.29, 0.717) is 6.61 Å². The summed E-state index contributed by atoms with van der Waals surface area (Å²) < 4.78 is 5.55. The fourth-order valence-corrected chi connectivity index (χ4v) is 1.08. The van der Waals surface area contributed by atoms with Gasteiger partial charge in [0.15, 0.2) is 0 Å². The van der Waals surface area contributed by atoms with Gasteiger partial charge in [0.2, 0.25) is 0 Å². The summed E-state index contributed by atoms with van der Waals surface area (Å²) in [5, 5.41) is 0. The second kappa shape index (κ2) is 4.28. The molecule has 0 fully saturated rings. The summed E-state index contributed by atoms with van der Waals surface area (Å²) in [4.78, 5) is 0. The Kier molecular flexibility index (Phi) is 3.32. The molecule has 0 aliphatic heterocycles. The van der Waals surface area contributed by atoms with E-state index in [1.165, 1.54) is 5.56 Å². The molecule has 0 bridgehead atoms. The van der Waals surface area contributed by atoms with Gasteiger partial charge in [-0.1, -0.05) is 12.1 Å². The number of aryl methyl sites for hydroxylation is 2. The van der Waals surface area contributed by atoms with Crippen LogP contribution in [0.15, 0.2) is 18.2 Å². The van der Waals surface area contributed by atoms with Crippen molar-refractivity contribution in [2.75, 3.05) is 6.61 Å². The highest BCUT2D eigenvalue weighted by Gasteiger charge is 2.00. The van der Waals surface area contributed by atoms with E-state index in [2.05, 4.69) is 19.1 Å². The molecule has 0 aliphatic carbocycles. The van der Waals surface area contributed by atoms with Gasteiger partial charge in [0.1, 0.15) is 12.4 Å². The molecule has 0 saturated carbocycles. The Balaban J connectivity index is 2.70. The number of rotatable bonds is 3. The minimum Gasteiger partial charge on any atom is -0.492 e. The molecule has 0 aliphatic rings. The third-order valence-electron chi connectivity index (χ3n) is 1.85. The van der Waals surface area contributed by atoms with Crippen LogP contribution >= 0.6 is 0 Å². The number of benzene rings is 1. The second-order valence-corrected chi connectivity index (χ2v) is 3.56. The molecule has 0 spiro atoms. The zero-order valence-corrected chi connectivity index (χ0v) is 8.50. The lowest BCUT2D eigenvalue weighted by atomic mass is 10.1. The van der Waals surface area contributed by atoms with Crippen molar-refractivity contribution in [1.82, 2.24) is 0 Å². The summed E-state index contributed by atoms with van der Waals surface area (Å²) in [7, 11) is 0. The zero-order valence-electron chi connectivity index (χ0n) is 8.50. The van der Waals surface area contributed by atoms with Gasteiger partial charge in [-0.3, -0.25) is 0 Å². The Morgan fingerprint density at radius 1 is 1.38 bits per heavy atom. The zero-order chi connectivity index (χ0) is 9.84. The second-order valence-electron chi connectivity index (χ2n) is 3.56. The van der Waals surface area contributed by atoms with E-state index >= 15 is 0 Å². The Labute approximate surface area is 79.7 Å². The van der Waals surface area contributed by atoms with Gasteiger partial charge in [-0.25, -0.2) is 0 Å². The van der Waals surface area contributed by atoms with Crippen LogP contribution in [-0.4, -0.2) is 12.6 Å². The van der Waals surface area contributed by atoms with Crippen LogP contribution in [0.3, 0.4) is 0 Å². The first-order chi connectivity index (χ1) is 6.09. The van der Waals surface area contributed by atoms with Gasteiger partial charge in [-0.2, -0.15) is 0 Å². The average Bonchev–Trinajstić information content (AvgIpc) is 2.06. The molecule has 2 N–H and O–H groups in total. The molecule has 0 heterocycles. The Bertz CT molecular complexity index is 281. The van der Waals surface area contributed by atoms with Gasteiger partial charge in [-0.15, -0.1) is 0 Å². The van der Waals surface area contributed by atoms with E-state index in [0.717, 1.165) is 11.3 Å². The molecule has 1 aromatic carbocycles. The monoisotopic (exact) mass is 179 g/mol. The van der Waals surface area contributed by atoms with Gasteiger partial charge in [0.25, 0.3) is 0 Å². The van der Waals surface area contributed by atoms with Crippen molar-refractivity contribution < 1.29 is 4.74 Å². The molecule has 2 nitrogen and oxygen atoms in total. The predicted molar refractivity (Wildman–Crippen MR) is 55.1 cm³/mol. The van der Waals surface area contributed by atoms with Gasteiger partial charge < -0.3 is 10.5 Å². The molecule has 2 heteroatoms. The van der Waals surface area contributed by atoms with Crippen molar-refractivity contribution in [2.45, 2.75) is 26.8 Å². The minimum absolute atomic E-state index is 0.0833. The van der Waals surface area contributed by atoms with Crippen molar-refractivity contribution in [2.24, 2.45) is 5.73 Å². The molecule has 0 radical (unpaired) electrons. The molecule has 0 unspecified atom stereocenters. The van der Waals surface area contributed by atoms with E-state index < -0.39 is 0 Å². The fourth-order valence-electron chi connectivity index (χ4n) is 1.08. The van der Waals surface area contributed by atoms with Crippen molar-refractivity contribution in [1.29, 1.82) is 0 Å². The number of hydrogen-bond acceptors (Lipinski definition) is 2. The highest BCUT2D eigenvalue weighted by molar-refractivity contribution is 5.35. The normalized spacial score (nSPS) is 12.6. The number of ether oxygens (including phenoxy) is 1. The van der Waals surface area contributed by atoms with Crippen LogP contribution in [0.1, 0.15) is 18.1 Å². The van der Waals surface area contributed by atoms with Crippen molar-refractivity contribution in [3.8, 4) is 5.75 Å². The third-order valence-corrected chi connectivity index (χ3v) is 1.85. The molecule has 1 atom stereocenters. The SMILES string of the molecule is Cc1ccc(C)c(OC[C@H](C)N)c1. The topological polar surface area (TPSA) is 35.2 Å². The van der Waals surface area contributed by atoms with Crippen LogP contribution < -0.4 is 10.5 Å². The third kappa shape index (κ3) is 3.07. The first-order valence-electron chi connectivity index (χ1n) is 4.55. The van der Waals surface area contributed by atoms with Crippen molar-refractivity contribution in [3.63, 3.8) is 0 Å². The Morgan fingerprint density at radius 3 is 2.69 bits per heavy atom. The Hall–Kier alpha value is -1.02. The van der Waals surface area contributed by atoms with Crippen LogP contribution in [0.5, 0.6) is 5.75 Å². The molecule has 0 saturated heterocycles. The fraction of sp³-hybridized carbons (Fsp3) is 0.455. The largest absolute Gasteiger partial charge is 0.492 e. The molecule has 0 aromatic heterocycles. The predicted octanol–water partition coefficient (Wildman–Crippen LogP) is 2.03. The number of nitrogens with two attached hydrogens (primary N) is 1. The lowest BCUT2D eigenvalue weighted by molar-refractivity contribution is 0.294. The molecular formula is C11H17NO. The summed E-state index contributed by atoms with van der Waals surface area (Å²) in [6.07, 6.45) is 0. The van der Waals surface area contributed by atoms with Gasteiger partial charge in [0.05, 0.1) is 0 Å². The number of hydrogen-bond donors (Lipinski definition) is 1. The summed E-state index contributed by atoms with van der Waals surface area (Å²) in [5.41, 5.74) is 7.98. The highest BCUT2D eigenvalue weighted by atomic mass is 16.5. The summed E-state index contributed by atoms with van der Waals surface area (Å²) >= 11 is 0. The molecule has 1 aromatic rings. The van der Waals surface area contributed by atoms with E-state index in [4.69, 9.17) is 10.5 Å². The first-order valence-corrected chi connectivity index (χ1v) is 4.55. The summed E-state index contributed by atoms with van der Waals surface area (Å²) in [5.74, 6) is 0.942.